The Balaban J connectivity index is 1.97. The zero-order chi connectivity index (χ0) is 21.4. The minimum absolute atomic E-state index is 0.126. The molecule has 1 unspecified atom stereocenters. The van der Waals surface area contributed by atoms with E-state index in [1.54, 1.807) is 49.4 Å². The van der Waals surface area contributed by atoms with Crippen LogP contribution in [-0.4, -0.2) is 21.9 Å². The van der Waals surface area contributed by atoms with Crippen molar-refractivity contribution in [3.63, 3.8) is 0 Å². The predicted octanol–water partition coefficient (Wildman–Crippen LogP) is 4.47. The average Bonchev–Trinajstić information content (AvgIpc) is 3.01. The minimum atomic E-state index is -0.955. The molecule has 1 aliphatic rings. The number of hydrogen-bond acceptors (Lipinski definition) is 4. The smallest absolute Gasteiger partial charge is 0.300 e. The molecule has 4 rings (SSSR count). The lowest BCUT2D eigenvalue weighted by Gasteiger charge is -2.26. The number of rotatable bonds is 3. The lowest BCUT2D eigenvalue weighted by atomic mass is 9.95. The molecule has 0 bridgehead atoms. The highest BCUT2D eigenvalue weighted by atomic mass is 19.1. The number of halogens is 1. The third-order valence-corrected chi connectivity index (χ3v) is 5.07. The predicted molar refractivity (Wildman–Crippen MR) is 110 cm³/mol. The molecular weight excluding hydrogens is 385 g/mol. The summed E-state index contributed by atoms with van der Waals surface area (Å²) in [6, 6.07) is 17.5. The van der Waals surface area contributed by atoms with E-state index in [4.69, 9.17) is 0 Å². The highest BCUT2D eigenvalue weighted by molar-refractivity contribution is 6.51. The van der Waals surface area contributed by atoms with Crippen molar-refractivity contribution in [2.75, 3.05) is 4.90 Å². The molecule has 5 nitrogen and oxygen atoms in total. The largest absolute Gasteiger partial charge is 0.507 e. The third kappa shape index (κ3) is 3.22. The second-order valence-electron chi connectivity index (χ2n) is 7.08. The average molecular weight is 403 g/mol. The molecule has 1 amide bonds. The molecule has 0 radical (unpaired) electrons. The van der Waals surface area contributed by atoms with E-state index in [-0.39, 0.29) is 22.6 Å². The van der Waals surface area contributed by atoms with Gasteiger partial charge >= 0.3 is 0 Å². The third-order valence-electron chi connectivity index (χ3n) is 5.07. The number of benzene rings is 3. The van der Waals surface area contributed by atoms with Crippen LogP contribution in [0.4, 0.5) is 10.1 Å². The van der Waals surface area contributed by atoms with E-state index in [0.29, 0.717) is 5.56 Å². The summed E-state index contributed by atoms with van der Waals surface area (Å²) in [6.45, 7) is 1.80. The van der Waals surface area contributed by atoms with Gasteiger partial charge in [-0.1, -0.05) is 36.4 Å². The number of aromatic hydroxyl groups is 1. The molecule has 0 spiro atoms. The molecule has 0 saturated carbocycles. The Kier molecular flexibility index (Phi) is 4.83. The first-order chi connectivity index (χ1) is 14.4. The van der Waals surface area contributed by atoms with E-state index in [2.05, 4.69) is 0 Å². The van der Waals surface area contributed by atoms with Crippen molar-refractivity contribution in [3.05, 3.63) is 101 Å². The number of carbonyl (C=O) groups is 2. The van der Waals surface area contributed by atoms with E-state index in [9.17, 15) is 24.2 Å². The van der Waals surface area contributed by atoms with Crippen molar-refractivity contribution in [2.45, 2.75) is 13.0 Å². The van der Waals surface area contributed by atoms with Crippen LogP contribution in [0, 0.1) is 12.7 Å². The van der Waals surface area contributed by atoms with Gasteiger partial charge in [-0.3, -0.25) is 14.5 Å². The van der Waals surface area contributed by atoms with Crippen molar-refractivity contribution in [3.8, 4) is 5.75 Å². The summed E-state index contributed by atoms with van der Waals surface area (Å²) < 4.78 is 13.3. The summed E-state index contributed by atoms with van der Waals surface area (Å²) in [5, 5.41) is 21.3. The first kappa shape index (κ1) is 19.4. The number of phenolic OH excluding ortho intramolecular Hbond substituents is 1. The molecule has 1 heterocycles. The Morgan fingerprint density at radius 3 is 2.30 bits per heavy atom. The lowest BCUT2D eigenvalue weighted by molar-refractivity contribution is -0.132. The monoisotopic (exact) mass is 403 g/mol. The lowest BCUT2D eigenvalue weighted by Crippen LogP contribution is -2.29. The number of nitrogens with zero attached hydrogens (tertiary/aromatic N) is 1. The molecular formula is C24H18FNO4. The van der Waals surface area contributed by atoms with Crippen LogP contribution in [0.5, 0.6) is 5.75 Å². The number of hydrogen-bond donors (Lipinski definition) is 2. The quantitative estimate of drug-likeness (QED) is 0.384. The molecule has 30 heavy (non-hydrogen) atoms. The Morgan fingerprint density at radius 2 is 1.63 bits per heavy atom. The van der Waals surface area contributed by atoms with Crippen LogP contribution in [0.3, 0.4) is 0 Å². The van der Waals surface area contributed by atoms with E-state index >= 15 is 0 Å². The van der Waals surface area contributed by atoms with Crippen LogP contribution >= 0.6 is 0 Å². The Hall–Kier alpha value is -3.93. The number of ketones is 1. The van der Waals surface area contributed by atoms with Crippen LogP contribution in [0.1, 0.15) is 22.7 Å². The van der Waals surface area contributed by atoms with Gasteiger partial charge in [0.25, 0.3) is 11.7 Å². The number of anilines is 1. The fourth-order valence-electron chi connectivity index (χ4n) is 3.62. The molecule has 2 N–H and O–H groups in total. The van der Waals surface area contributed by atoms with Crippen LogP contribution in [0.25, 0.3) is 5.76 Å². The van der Waals surface area contributed by atoms with Gasteiger partial charge in [0, 0.05) is 5.56 Å². The summed E-state index contributed by atoms with van der Waals surface area (Å²) in [7, 11) is 0. The molecule has 1 saturated heterocycles. The molecule has 150 valence electrons. The number of amides is 1. The van der Waals surface area contributed by atoms with Crippen molar-refractivity contribution >= 4 is 23.1 Å². The fourth-order valence-corrected chi connectivity index (χ4v) is 3.62. The van der Waals surface area contributed by atoms with Gasteiger partial charge in [-0.05, 0) is 54.4 Å². The first-order valence-corrected chi connectivity index (χ1v) is 9.30. The SMILES string of the molecule is Cc1ccc(O)c(N2C(=O)C(=O)/C(=C(/O)c3ccc(F)cc3)C2c2ccccc2)c1. The van der Waals surface area contributed by atoms with Crippen LogP contribution in [-0.2, 0) is 9.59 Å². The molecule has 1 atom stereocenters. The minimum Gasteiger partial charge on any atom is -0.507 e. The first-order valence-electron chi connectivity index (χ1n) is 9.30. The Labute approximate surface area is 172 Å². The van der Waals surface area contributed by atoms with Gasteiger partial charge in [0.15, 0.2) is 0 Å². The molecule has 0 aliphatic carbocycles. The standard InChI is InChI=1S/C24H18FNO4/c1-14-7-12-19(27)18(13-14)26-21(15-5-3-2-4-6-15)20(23(29)24(26)30)22(28)16-8-10-17(25)11-9-16/h2-13,21,27-28H,1H3/b22-20+. The van der Waals surface area contributed by atoms with E-state index in [0.717, 1.165) is 17.7 Å². The molecule has 0 aromatic heterocycles. The maximum Gasteiger partial charge on any atom is 0.300 e. The van der Waals surface area contributed by atoms with Gasteiger partial charge in [0.1, 0.15) is 17.3 Å². The van der Waals surface area contributed by atoms with Crippen LogP contribution < -0.4 is 4.90 Å². The summed E-state index contributed by atoms with van der Waals surface area (Å²) in [4.78, 5) is 27.2. The maximum absolute atomic E-state index is 13.3. The van der Waals surface area contributed by atoms with Crippen LogP contribution in [0.2, 0.25) is 0 Å². The number of Topliss-reactive ketones (excluding diaryl/α,β-unsaturated/α-hetero) is 1. The maximum atomic E-state index is 13.3. The number of aliphatic hydroxyl groups is 1. The molecule has 1 fully saturated rings. The normalized spacial score (nSPS) is 18.1. The fraction of sp³-hybridized carbons (Fsp3) is 0.0833. The second kappa shape index (κ2) is 7.48. The van der Waals surface area contributed by atoms with Gasteiger partial charge in [-0.15, -0.1) is 0 Å². The van der Waals surface area contributed by atoms with E-state index < -0.39 is 29.3 Å². The second-order valence-corrected chi connectivity index (χ2v) is 7.08. The molecule has 6 heteroatoms. The number of aliphatic hydroxyl groups excluding tert-OH is 1. The van der Waals surface area contributed by atoms with E-state index in [1.165, 1.54) is 23.1 Å². The number of carbonyl (C=O) groups excluding carboxylic acids is 2. The van der Waals surface area contributed by atoms with Crippen LogP contribution in [0.15, 0.2) is 78.4 Å². The van der Waals surface area contributed by atoms with Gasteiger partial charge < -0.3 is 10.2 Å². The molecule has 3 aromatic rings. The Morgan fingerprint density at radius 1 is 0.967 bits per heavy atom. The van der Waals surface area contributed by atoms with E-state index in [1.807, 2.05) is 0 Å². The van der Waals surface area contributed by atoms with Gasteiger partial charge in [0.05, 0.1) is 17.3 Å². The summed E-state index contributed by atoms with van der Waals surface area (Å²) in [6.07, 6.45) is 0. The van der Waals surface area contributed by atoms with Gasteiger partial charge in [0.2, 0.25) is 0 Å². The topological polar surface area (TPSA) is 77.8 Å². The highest BCUT2D eigenvalue weighted by Crippen LogP contribution is 2.44. The van der Waals surface area contributed by atoms with Crippen molar-refractivity contribution in [1.82, 2.24) is 0 Å². The van der Waals surface area contributed by atoms with Crippen molar-refractivity contribution in [2.24, 2.45) is 0 Å². The summed E-state index contributed by atoms with van der Waals surface area (Å²) in [5.74, 6) is -2.81. The Bertz CT molecular complexity index is 1170. The van der Waals surface area contributed by atoms with Crippen molar-refractivity contribution in [1.29, 1.82) is 0 Å². The molecule has 1 aliphatic heterocycles. The summed E-state index contributed by atoms with van der Waals surface area (Å²) >= 11 is 0. The van der Waals surface area contributed by atoms with Gasteiger partial charge in [-0.2, -0.15) is 0 Å². The summed E-state index contributed by atoms with van der Waals surface area (Å²) in [5.41, 5.74) is 1.63. The number of phenols is 1. The highest BCUT2D eigenvalue weighted by Gasteiger charge is 2.47. The number of aryl methyl sites for hydroxylation is 1. The van der Waals surface area contributed by atoms with Gasteiger partial charge in [-0.25, -0.2) is 4.39 Å². The zero-order valence-electron chi connectivity index (χ0n) is 16.0. The zero-order valence-corrected chi connectivity index (χ0v) is 16.0. The molecule has 3 aromatic carbocycles. The van der Waals surface area contributed by atoms with Crippen molar-refractivity contribution < 1.29 is 24.2 Å².